The van der Waals surface area contributed by atoms with Crippen LogP contribution in [0.15, 0.2) is 84.9 Å². The van der Waals surface area contributed by atoms with Crippen LogP contribution in [-0.4, -0.2) is 30.2 Å². The fourth-order valence-electron chi connectivity index (χ4n) is 2.96. The number of benzene rings is 3. The highest BCUT2D eigenvalue weighted by molar-refractivity contribution is 5.99. The van der Waals surface area contributed by atoms with E-state index in [0.717, 1.165) is 0 Å². The summed E-state index contributed by atoms with van der Waals surface area (Å²) in [4.78, 5) is 49.0. The zero-order chi connectivity index (χ0) is 22.9. The van der Waals surface area contributed by atoms with Crippen molar-refractivity contribution in [1.82, 2.24) is 5.32 Å². The third kappa shape index (κ3) is 6.12. The molecule has 7 nitrogen and oxygen atoms in total. The smallest absolute Gasteiger partial charge is 0.333 e. The van der Waals surface area contributed by atoms with E-state index in [1.807, 2.05) is 0 Å². The molecule has 0 saturated carbocycles. The van der Waals surface area contributed by atoms with Crippen molar-refractivity contribution in [3.05, 3.63) is 102 Å². The van der Waals surface area contributed by atoms with Gasteiger partial charge in [-0.15, -0.1) is 0 Å². The molecule has 0 heterocycles. The van der Waals surface area contributed by atoms with Gasteiger partial charge in [0.25, 0.3) is 11.8 Å². The van der Waals surface area contributed by atoms with Crippen LogP contribution in [0.3, 0.4) is 0 Å². The molecule has 1 unspecified atom stereocenters. The third-order valence-corrected chi connectivity index (χ3v) is 4.58. The maximum Gasteiger partial charge on any atom is 0.333 e. The summed E-state index contributed by atoms with van der Waals surface area (Å²) in [5.41, 5.74) is 1.78. The molecule has 0 saturated heterocycles. The van der Waals surface area contributed by atoms with Crippen LogP contribution < -0.4 is 10.6 Å². The van der Waals surface area contributed by atoms with Gasteiger partial charge in [0.15, 0.2) is 18.4 Å². The van der Waals surface area contributed by atoms with Crippen molar-refractivity contribution < 1.29 is 23.9 Å². The van der Waals surface area contributed by atoms with Gasteiger partial charge in [0.05, 0.1) is 0 Å². The van der Waals surface area contributed by atoms with Crippen LogP contribution in [0.4, 0.5) is 5.69 Å². The second-order valence-electron chi connectivity index (χ2n) is 6.98. The highest BCUT2D eigenvalue weighted by atomic mass is 16.5. The van der Waals surface area contributed by atoms with Crippen molar-refractivity contribution in [2.75, 3.05) is 11.9 Å². The Hall–Kier alpha value is -4.26. The predicted molar refractivity (Wildman–Crippen MR) is 119 cm³/mol. The van der Waals surface area contributed by atoms with Gasteiger partial charge in [0.2, 0.25) is 0 Å². The Morgan fingerprint density at radius 1 is 0.812 bits per heavy atom. The molecule has 1 atom stereocenters. The van der Waals surface area contributed by atoms with Crippen LogP contribution in [0.25, 0.3) is 0 Å². The van der Waals surface area contributed by atoms with Gasteiger partial charge in [-0.2, -0.15) is 0 Å². The molecule has 0 aliphatic carbocycles. The topological polar surface area (TPSA) is 102 Å². The number of esters is 1. The van der Waals surface area contributed by atoms with E-state index >= 15 is 0 Å². The molecule has 162 valence electrons. The van der Waals surface area contributed by atoms with Crippen molar-refractivity contribution in [3.8, 4) is 0 Å². The van der Waals surface area contributed by atoms with Crippen LogP contribution >= 0.6 is 0 Å². The van der Waals surface area contributed by atoms with Crippen molar-refractivity contribution in [2.45, 2.75) is 13.0 Å². The van der Waals surface area contributed by atoms with Crippen molar-refractivity contribution in [3.63, 3.8) is 0 Å². The number of Topliss-reactive ketones (excluding diaryl/α,β-unsaturated/α-hetero) is 1. The second-order valence-corrected chi connectivity index (χ2v) is 6.98. The molecule has 32 heavy (non-hydrogen) atoms. The Morgan fingerprint density at radius 2 is 1.44 bits per heavy atom. The SMILES string of the molecule is CC(=O)c1cccc(NC(=O)COC(=O)C(NC(=O)c2ccccc2)c2ccccc2)c1. The first-order valence-electron chi connectivity index (χ1n) is 9.92. The van der Waals surface area contributed by atoms with Gasteiger partial charge in [-0.1, -0.05) is 60.7 Å². The largest absolute Gasteiger partial charge is 0.454 e. The Morgan fingerprint density at radius 3 is 2.09 bits per heavy atom. The number of rotatable bonds is 8. The molecule has 0 fully saturated rings. The Labute approximate surface area is 185 Å². The summed E-state index contributed by atoms with van der Waals surface area (Å²) in [6.45, 7) is 0.879. The van der Waals surface area contributed by atoms with E-state index in [1.165, 1.54) is 13.0 Å². The molecular weight excluding hydrogens is 408 g/mol. The minimum atomic E-state index is -1.09. The number of carbonyl (C=O) groups is 4. The van der Waals surface area contributed by atoms with Crippen LogP contribution in [0.1, 0.15) is 39.2 Å². The van der Waals surface area contributed by atoms with E-state index in [2.05, 4.69) is 10.6 Å². The summed E-state index contributed by atoms with van der Waals surface area (Å²) in [5, 5.41) is 5.24. The van der Waals surface area contributed by atoms with E-state index in [9.17, 15) is 19.2 Å². The van der Waals surface area contributed by atoms with E-state index in [-0.39, 0.29) is 5.78 Å². The molecule has 7 heteroatoms. The molecule has 0 spiro atoms. The van der Waals surface area contributed by atoms with Crippen LogP contribution in [0, 0.1) is 0 Å². The number of ketones is 1. The van der Waals surface area contributed by atoms with Crippen molar-refractivity contribution in [2.24, 2.45) is 0 Å². The minimum Gasteiger partial charge on any atom is -0.454 e. The maximum atomic E-state index is 12.7. The van der Waals surface area contributed by atoms with Gasteiger partial charge in [0, 0.05) is 16.8 Å². The lowest BCUT2D eigenvalue weighted by molar-refractivity contribution is -0.149. The third-order valence-electron chi connectivity index (χ3n) is 4.58. The van der Waals surface area contributed by atoms with Gasteiger partial charge < -0.3 is 15.4 Å². The van der Waals surface area contributed by atoms with Crippen LogP contribution in [0.5, 0.6) is 0 Å². The molecular formula is C25H22N2O5. The molecule has 0 aliphatic rings. The van der Waals surface area contributed by atoms with Gasteiger partial charge >= 0.3 is 5.97 Å². The fourth-order valence-corrected chi connectivity index (χ4v) is 2.96. The zero-order valence-corrected chi connectivity index (χ0v) is 17.4. The number of nitrogens with one attached hydrogen (secondary N) is 2. The lowest BCUT2D eigenvalue weighted by atomic mass is 10.1. The van der Waals surface area contributed by atoms with Crippen LogP contribution in [-0.2, 0) is 14.3 Å². The maximum absolute atomic E-state index is 12.7. The molecule has 0 aromatic heterocycles. The number of carbonyl (C=O) groups excluding carboxylic acids is 4. The number of amides is 2. The van der Waals surface area contributed by atoms with Crippen molar-refractivity contribution in [1.29, 1.82) is 0 Å². The van der Waals surface area contributed by atoms with E-state index in [4.69, 9.17) is 4.74 Å². The Kier molecular flexibility index (Phi) is 7.48. The number of hydrogen-bond acceptors (Lipinski definition) is 5. The fraction of sp³-hybridized carbons (Fsp3) is 0.120. The predicted octanol–water partition coefficient (Wildman–Crippen LogP) is 3.54. The molecule has 0 aliphatic heterocycles. The average Bonchev–Trinajstić information content (AvgIpc) is 2.82. The normalized spacial score (nSPS) is 11.2. The highest BCUT2D eigenvalue weighted by Crippen LogP contribution is 2.16. The number of hydrogen-bond donors (Lipinski definition) is 2. The van der Waals surface area contributed by atoms with Gasteiger partial charge in [-0.05, 0) is 36.8 Å². The summed E-state index contributed by atoms with van der Waals surface area (Å²) in [6.07, 6.45) is 0. The number of ether oxygens (including phenoxy) is 1. The lowest BCUT2D eigenvalue weighted by Gasteiger charge is -2.18. The quantitative estimate of drug-likeness (QED) is 0.420. The average molecular weight is 430 g/mol. The Bertz CT molecular complexity index is 1110. The minimum absolute atomic E-state index is 0.132. The molecule has 2 amide bonds. The molecule has 3 aromatic carbocycles. The lowest BCUT2D eigenvalue weighted by Crippen LogP contribution is -2.36. The van der Waals surface area contributed by atoms with Crippen LogP contribution in [0.2, 0.25) is 0 Å². The molecule has 0 radical (unpaired) electrons. The van der Waals surface area contributed by atoms with Crippen molar-refractivity contribution >= 4 is 29.3 Å². The molecule has 0 bridgehead atoms. The molecule has 3 rings (SSSR count). The standard InChI is InChI=1S/C25H22N2O5/c1-17(28)20-13-8-14-21(15-20)26-22(29)16-32-25(31)23(18-9-4-2-5-10-18)27-24(30)19-11-6-3-7-12-19/h2-15,23H,16H2,1H3,(H,26,29)(H,27,30). The summed E-state index contributed by atoms with van der Waals surface area (Å²) in [7, 11) is 0. The monoisotopic (exact) mass is 430 g/mol. The molecule has 3 aromatic rings. The first kappa shape index (κ1) is 22.4. The van der Waals surface area contributed by atoms with E-state index < -0.39 is 30.4 Å². The number of anilines is 1. The summed E-state index contributed by atoms with van der Waals surface area (Å²) in [6, 6.07) is 22.5. The van der Waals surface area contributed by atoms with Gasteiger partial charge in [-0.3, -0.25) is 14.4 Å². The first-order chi connectivity index (χ1) is 15.4. The highest BCUT2D eigenvalue weighted by Gasteiger charge is 2.25. The molecule has 2 N–H and O–H groups in total. The Balaban J connectivity index is 1.66. The zero-order valence-electron chi connectivity index (χ0n) is 17.4. The van der Waals surface area contributed by atoms with E-state index in [1.54, 1.807) is 78.9 Å². The van der Waals surface area contributed by atoms with Gasteiger partial charge in [0.1, 0.15) is 0 Å². The second kappa shape index (κ2) is 10.7. The first-order valence-corrected chi connectivity index (χ1v) is 9.92. The summed E-state index contributed by atoms with van der Waals surface area (Å²) in [5.74, 6) is -1.91. The summed E-state index contributed by atoms with van der Waals surface area (Å²) < 4.78 is 5.17. The van der Waals surface area contributed by atoms with E-state index in [0.29, 0.717) is 22.4 Å². The summed E-state index contributed by atoms with van der Waals surface area (Å²) >= 11 is 0. The van der Waals surface area contributed by atoms with Gasteiger partial charge in [-0.25, -0.2) is 4.79 Å².